The highest BCUT2D eigenvalue weighted by Gasteiger charge is 2.54. The van der Waals surface area contributed by atoms with Crippen LogP contribution in [0.2, 0.25) is 0 Å². The highest BCUT2D eigenvalue weighted by molar-refractivity contribution is 5.85. The molecular formula is C27H26N4O3. The van der Waals surface area contributed by atoms with Gasteiger partial charge in [0.2, 0.25) is 0 Å². The van der Waals surface area contributed by atoms with Crippen LogP contribution < -0.4 is 10.5 Å². The van der Waals surface area contributed by atoms with Crippen molar-refractivity contribution in [2.45, 2.75) is 43.9 Å². The summed E-state index contributed by atoms with van der Waals surface area (Å²) in [4.78, 5) is 21.4. The Hall–Kier alpha value is -3.87. The van der Waals surface area contributed by atoms with Gasteiger partial charge in [-0.15, -0.1) is 0 Å². The van der Waals surface area contributed by atoms with Gasteiger partial charge in [0.15, 0.2) is 0 Å². The van der Waals surface area contributed by atoms with Crippen LogP contribution in [0.25, 0.3) is 16.8 Å². The van der Waals surface area contributed by atoms with Gasteiger partial charge in [-0.3, -0.25) is 9.20 Å². The summed E-state index contributed by atoms with van der Waals surface area (Å²) < 4.78 is 8.01. The topological polar surface area (TPSA) is 103 Å². The molecule has 0 unspecified atom stereocenters. The van der Waals surface area contributed by atoms with Gasteiger partial charge in [-0.2, -0.15) is 0 Å². The van der Waals surface area contributed by atoms with Gasteiger partial charge in [-0.25, -0.2) is 9.97 Å². The first kappa shape index (κ1) is 20.7. The maximum Gasteiger partial charge on any atom is 0.309 e. The van der Waals surface area contributed by atoms with Crippen molar-refractivity contribution in [1.29, 1.82) is 0 Å². The zero-order chi connectivity index (χ0) is 23.3. The van der Waals surface area contributed by atoms with Gasteiger partial charge in [0.05, 0.1) is 5.41 Å². The SMILES string of the molecule is Nc1nccn2c1c(-c1ccc(Oc3ccccc3)cc1)nc2[C@]12CC[C@](C(=O)O)(CC1)CC2. The highest BCUT2D eigenvalue weighted by atomic mass is 16.5. The number of hydrogen-bond donors (Lipinski definition) is 2. The van der Waals surface area contributed by atoms with Crippen molar-refractivity contribution in [2.24, 2.45) is 5.41 Å². The standard InChI is InChI=1S/C27H26N4O3/c28-23-22-21(18-6-8-20(9-7-18)34-19-4-2-1-3-5-19)30-24(31(22)17-16-29-23)26-10-13-27(14-11-26,15-12-26)25(32)33/h1-9,16-17H,10-15H2,(H2,28,29)(H,32,33)/t26-,27+. The Morgan fingerprint density at radius 1 is 0.941 bits per heavy atom. The molecule has 3 saturated carbocycles. The minimum atomic E-state index is -0.652. The van der Waals surface area contributed by atoms with Crippen LogP contribution in [0.5, 0.6) is 11.5 Å². The van der Waals surface area contributed by atoms with Crippen LogP contribution >= 0.6 is 0 Å². The molecule has 7 nitrogen and oxygen atoms in total. The Kier molecular flexibility index (Phi) is 4.62. The number of rotatable bonds is 5. The summed E-state index contributed by atoms with van der Waals surface area (Å²) in [6, 6.07) is 17.5. The third-order valence-electron chi connectivity index (χ3n) is 7.86. The van der Waals surface area contributed by atoms with Gasteiger partial charge in [-0.1, -0.05) is 18.2 Å². The lowest BCUT2D eigenvalue weighted by atomic mass is 9.53. The number of para-hydroxylation sites is 1. The number of benzene rings is 2. The van der Waals surface area contributed by atoms with Crippen molar-refractivity contribution >= 4 is 17.3 Å². The summed E-state index contributed by atoms with van der Waals surface area (Å²) in [5.74, 6) is 2.27. The van der Waals surface area contributed by atoms with E-state index in [1.807, 2.05) is 60.8 Å². The first-order valence-corrected chi connectivity index (χ1v) is 11.7. The molecule has 172 valence electrons. The quantitative estimate of drug-likeness (QED) is 0.416. The van der Waals surface area contributed by atoms with Crippen molar-refractivity contribution in [1.82, 2.24) is 14.4 Å². The second kappa shape index (κ2) is 7.58. The van der Waals surface area contributed by atoms with E-state index in [4.69, 9.17) is 15.5 Å². The average molecular weight is 455 g/mol. The van der Waals surface area contributed by atoms with Crippen molar-refractivity contribution in [3.05, 3.63) is 72.8 Å². The van der Waals surface area contributed by atoms with Gasteiger partial charge < -0.3 is 15.6 Å². The Morgan fingerprint density at radius 3 is 2.24 bits per heavy atom. The number of fused-ring (bicyclic) bond motifs is 4. The van der Waals surface area contributed by atoms with E-state index in [0.717, 1.165) is 53.4 Å². The number of carbonyl (C=O) groups is 1. The second-order valence-electron chi connectivity index (χ2n) is 9.62. The number of ether oxygens (including phenoxy) is 1. The fourth-order valence-corrected chi connectivity index (χ4v) is 5.79. The highest BCUT2D eigenvalue weighted by Crippen LogP contribution is 2.58. The maximum absolute atomic E-state index is 11.9. The summed E-state index contributed by atoms with van der Waals surface area (Å²) >= 11 is 0. The lowest BCUT2D eigenvalue weighted by Crippen LogP contribution is -2.48. The fraction of sp³-hybridized carbons (Fsp3) is 0.296. The summed E-state index contributed by atoms with van der Waals surface area (Å²) in [6.45, 7) is 0. The van der Waals surface area contributed by atoms with Crippen molar-refractivity contribution in [3.8, 4) is 22.8 Å². The lowest BCUT2D eigenvalue weighted by Gasteiger charge is -2.50. The average Bonchev–Trinajstić information content (AvgIpc) is 3.28. The van der Waals surface area contributed by atoms with Gasteiger partial charge in [-0.05, 0) is 74.9 Å². The molecule has 7 rings (SSSR count). The van der Waals surface area contributed by atoms with Crippen molar-refractivity contribution < 1.29 is 14.6 Å². The van der Waals surface area contributed by atoms with E-state index < -0.39 is 11.4 Å². The van der Waals surface area contributed by atoms with Crippen LogP contribution in [0.3, 0.4) is 0 Å². The number of nitrogens with two attached hydrogens (primary N) is 1. The van der Waals surface area contributed by atoms with E-state index >= 15 is 0 Å². The molecule has 0 spiro atoms. The van der Waals surface area contributed by atoms with E-state index in [-0.39, 0.29) is 5.41 Å². The minimum Gasteiger partial charge on any atom is -0.481 e. The zero-order valence-corrected chi connectivity index (χ0v) is 18.8. The smallest absolute Gasteiger partial charge is 0.309 e. The number of carboxylic acid groups (broad SMARTS) is 1. The van der Waals surface area contributed by atoms with Crippen LogP contribution in [-0.2, 0) is 10.2 Å². The van der Waals surface area contributed by atoms with Crippen LogP contribution in [0.15, 0.2) is 67.0 Å². The first-order chi connectivity index (χ1) is 16.5. The number of aromatic nitrogens is 3. The summed E-state index contributed by atoms with van der Waals surface area (Å²) in [6.07, 6.45) is 8.18. The van der Waals surface area contributed by atoms with Gasteiger partial charge in [0.1, 0.15) is 34.4 Å². The monoisotopic (exact) mass is 454 g/mol. The number of anilines is 1. The molecule has 3 N–H and O–H groups in total. The fourth-order valence-electron chi connectivity index (χ4n) is 5.79. The normalized spacial score (nSPS) is 23.8. The van der Waals surface area contributed by atoms with Crippen LogP contribution in [-0.4, -0.2) is 25.4 Å². The Bertz CT molecular complexity index is 1350. The van der Waals surface area contributed by atoms with Gasteiger partial charge in [0.25, 0.3) is 0 Å². The van der Waals surface area contributed by atoms with E-state index in [0.29, 0.717) is 25.1 Å². The van der Waals surface area contributed by atoms with E-state index in [1.165, 1.54) is 0 Å². The second-order valence-corrected chi connectivity index (χ2v) is 9.62. The zero-order valence-electron chi connectivity index (χ0n) is 18.8. The number of nitrogens with zero attached hydrogens (tertiary/aromatic N) is 3. The molecule has 3 aliphatic carbocycles. The third-order valence-corrected chi connectivity index (χ3v) is 7.86. The number of nitrogen functional groups attached to an aromatic ring is 1. The largest absolute Gasteiger partial charge is 0.481 e. The molecule has 7 heteroatoms. The van der Waals surface area contributed by atoms with Gasteiger partial charge >= 0.3 is 5.97 Å². The molecule has 3 fully saturated rings. The molecule has 0 saturated heterocycles. The first-order valence-electron chi connectivity index (χ1n) is 11.7. The van der Waals surface area contributed by atoms with Crippen molar-refractivity contribution in [3.63, 3.8) is 0 Å². The summed E-state index contributed by atoms with van der Waals surface area (Å²) in [5, 5.41) is 9.79. The molecule has 2 aromatic heterocycles. The molecule has 0 aliphatic heterocycles. The molecule has 2 heterocycles. The predicted octanol–water partition coefficient (Wildman–Crippen LogP) is 5.45. The van der Waals surface area contributed by atoms with Crippen LogP contribution in [0, 0.1) is 5.41 Å². The Balaban J connectivity index is 1.39. The van der Waals surface area contributed by atoms with E-state index in [2.05, 4.69) is 9.38 Å². The lowest BCUT2D eigenvalue weighted by molar-refractivity contribution is -0.156. The molecule has 0 amide bonds. The number of imidazole rings is 1. The molecule has 34 heavy (non-hydrogen) atoms. The summed E-state index contributed by atoms with van der Waals surface area (Å²) in [5.41, 5.74) is 8.18. The molecule has 3 aliphatic rings. The Labute approximate surface area is 197 Å². The van der Waals surface area contributed by atoms with E-state index in [9.17, 15) is 9.90 Å². The van der Waals surface area contributed by atoms with Crippen molar-refractivity contribution in [2.75, 3.05) is 5.73 Å². The number of hydrogen-bond acceptors (Lipinski definition) is 5. The molecule has 2 bridgehead atoms. The van der Waals surface area contributed by atoms with Gasteiger partial charge in [0, 0.05) is 23.4 Å². The van der Waals surface area contributed by atoms with Crippen LogP contribution in [0.1, 0.15) is 44.3 Å². The molecular weight excluding hydrogens is 428 g/mol. The number of aliphatic carboxylic acids is 1. The molecule has 4 aromatic rings. The van der Waals surface area contributed by atoms with Crippen LogP contribution in [0.4, 0.5) is 5.82 Å². The predicted molar refractivity (Wildman–Crippen MR) is 129 cm³/mol. The van der Waals surface area contributed by atoms with E-state index in [1.54, 1.807) is 6.20 Å². The Morgan fingerprint density at radius 2 is 1.59 bits per heavy atom. The number of carboxylic acids is 1. The molecule has 0 radical (unpaired) electrons. The maximum atomic E-state index is 11.9. The molecule has 0 atom stereocenters. The molecule has 2 aromatic carbocycles. The third kappa shape index (κ3) is 3.15. The summed E-state index contributed by atoms with van der Waals surface area (Å²) in [7, 11) is 0. The minimum absolute atomic E-state index is 0.136.